The van der Waals surface area contributed by atoms with Crippen LogP contribution in [-0.4, -0.2) is 8.42 Å². The van der Waals surface area contributed by atoms with E-state index in [1.54, 1.807) is 36.4 Å². The molecule has 0 spiro atoms. The quantitative estimate of drug-likeness (QED) is 0.853. The molecular formula is C16H13ClN2O2S. The average molecular weight is 333 g/mol. The van der Waals surface area contributed by atoms with E-state index in [0.717, 1.165) is 5.56 Å². The fourth-order valence-electron chi connectivity index (χ4n) is 1.76. The zero-order valence-electron chi connectivity index (χ0n) is 11.5. The van der Waals surface area contributed by atoms with Crippen molar-refractivity contribution in [3.05, 3.63) is 76.3 Å². The molecule has 22 heavy (non-hydrogen) atoms. The monoisotopic (exact) mass is 332 g/mol. The molecule has 2 aromatic carbocycles. The van der Waals surface area contributed by atoms with Crippen LogP contribution in [0.1, 0.15) is 5.56 Å². The Morgan fingerprint density at radius 1 is 1.14 bits per heavy atom. The first-order valence-corrected chi connectivity index (χ1v) is 8.28. The molecule has 0 fully saturated rings. The van der Waals surface area contributed by atoms with Gasteiger partial charge in [0.05, 0.1) is 4.90 Å². The van der Waals surface area contributed by atoms with Crippen LogP contribution >= 0.6 is 11.6 Å². The van der Waals surface area contributed by atoms with Gasteiger partial charge in [0.1, 0.15) is 6.07 Å². The van der Waals surface area contributed by atoms with Gasteiger partial charge in [-0.05, 0) is 29.8 Å². The first-order chi connectivity index (χ1) is 10.5. The summed E-state index contributed by atoms with van der Waals surface area (Å²) >= 11 is 5.79. The second-order valence-corrected chi connectivity index (χ2v) is 6.80. The van der Waals surface area contributed by atoms with E-state index in [1.807, 2.05) is 12.1 Å². The minimum atomic E-state index is -3.80. The van der Waals surface area contributed by atoms with Crippen LogP contribution in [0.15, 0.2) is 70.6 Å². The number of benzene rings is 2. The minimum absolute atomic E-state index is 0.0936. The van der Waals surface area contributed by atoms with Gasteiger partial charge in [-0.25, -0.2) is 8.42 Å². The molecule has 0 radical (unpaired) electrons. The van der Waals surface area contributed by atoms with Crippen molar-refractivity contribution in [1.29, 1.82) is 5.26 Å². The van der Waals surface area contributed by atoms with E-state index in [1.165, 1.54) is 18.3 Å². The predicted octanol–water partition coefficient (Wildman–Crippen LogP) is 3.27. The third-order valence-electron chi connectivity index (χ3n) is 2.91. The van der Waals surface area contributed by atoms with Gasteiger partial charge < -0.3 is 5.32 Å². The summed E-state index contributed by atoms with van der Waals surface area (Å²) < 4.78 is 24.6. The lowest BCUT2D eigenvalue weighted by atomic mass is 10.2. The van der Waals surface area contributed by atoms with Crippen molar-refractivity contribution in [1.82, 2.24) is 5.32 Å². The molecule has 0 heterocycles. The first-order valence-electron chi connectivity index (χ1n) is 6.42. The van der Waals surface area contributed by atoms with Gasteiger partial charge in [0, 0.05) is 17.8 Å². The van der Waals surface area contributed by atoms with E-state index in [2.05, 4.69) is 5.32 Å². The van der Waals surface area contributed by atoms with Gasteiger partial charge in [-0.15, -0.1) is 0 Å². The zero-order valence-corrected chi connectivity index (χ0v) is 13.1. The molecule has 0 unspecified atom stereocenters. The fraction of sp³-hybridized carbons (Fsp3) is 0.0625. The van der Waals surface area contributed by atoms with Gasteiger partial charge in [-0.2, -0.15) is 5.26 Å². The normalized spacial score (nSPS) is 11.7. The van der Waals surface area contributed by atoms with Gasteiger partial charge in [-0.3, -0.25) is 0 Å². The molecule has 112 valence electrons. The smallest absolute Gasteiger partial charge is 0.218 e. The topological polar surface area (TPSA) is 70.0 Å². The number of nitriles is 1. The maximum Gasteiger partial charge on any atom is 0.218 e. The average Bonchev–Trinajstić information content (AvgIpc) is 2.54. The largest absolute Gasteiger partial charge is 0.385 e. The van der Waals surface area contributed by atoms with Crippen LogP contribution in [-0.2, 0) is 16.4 Å². The second-order valence-electron chi connectivity index (χ2n) is 4.44. The summed E-state index contributed by atoms with van der Waals surface area (Å²) in [5.74, 6) is 0. The van der Waals surface area contributed by atoms with E-state index >= 15 is 0 Å². The molecule has 0 saturated carbocycles. The molecule has 0 aromatic heterocycles. The van der Waals surface area contributed by atoms with Crippen molar-refractivity contribution >= 4 is 21.4 Å². The Morgan fingerprint density at radius 3 is 2.36 bits per heavy atom. The highest BCUT2D eigenvalue weighted by molar-refractivity contribution is 7.95. The van der Waals surface area contributed by atoms with Crippen molar-refractivity contribution in [2.75, 3.05) is 0 Å². The first kappa shape index (κ1) is 16.1. The van der Waals surface area contributed by atoms with Crippen LogP contribution in [0.25, 0.3) is 0 Å². The Morgan fingerprint density at radius 2 is 1.77 bits per heavy atom. The summed E-state index contributed by atoms with van der Waals surface area (Å²) in [5, 5.41) is 12.6. The number of halogens is 1. The molecule has 6 heteroatoms. The number of nitrogens with zero attached hydrogens (tertiary/aromatic N) is 1. The molecule has 0 atom stereocenters. The van der Waals surface area contributed by atoms with Gasteiger partial charge >= 0.3 is 0 Å². The van der Waals surface area contributed by atoms with E-state index in [0.29, 0.717) is 11.6 Å². The van der Waals surface area contributed by atoms with Gasteiger partial charge in [0.2, 0.25) is 9.84 Å². The Labute approximate surface area is 134 Å². The number of hydrogen-bond acceptors (Lipinski definition) is 4. The van der Waals surface area contributed by atoms with E-state index in [9.17, 15) is 8.42 Å². The molecule has 0 aliphatic carbocycles. The Kier molecular flexibility index (Phi) is 5.21. The number of allylic oxidation sites excluding steroid dienone is 1. The Balaban J connectivity index is 2.14. The summed E-state index contributed by atoms with van der Waals surface area (Å²) in [7, 11) is -3.80. The number of nitrogens with one attached hydrogen (secondary N) is 1. The zero-order chi connectivity index (χ0) is 16.0. The number of sulfone groups is 1. The molecule has 0 saturated heterocycles. The van der Waals surface area contributed by atoms with Gasteiger partial charge in [-0.1, -0.05) is 41.9 Å². The molecule has 2 aromatic rings. The molecule has 0 bridgehead atoms. The number of rotatable bonds is 5. The Hall–Kier alpha value is -2.29. The third kappa shape index (κ3) is 3.88. The van der Waals surface area contributed by atoms with E-state index in [-0.39, 0.29) is 9.80 Å². The predicted molar refractivity (Wildman–Crippen MR) is 85.6 cm³/mol. The molecule has 2 rings (SSSR count). The molecule has 0 aliphatic heterocycles. The minimum Gasteiger partial charge on any atom is -0.385 e. The fourth-order valence-corrected chi connectivity index (χ4v) is 3.01. The van der Waals surface area contributed by atoms with E-state index in [4.69, 9.17) is 16.9 Å². The highest BCUT2D eigenvalue weighted by Gasteiger charge is 2.20. The van der Waals surface area contributed by atoms with Crippen LogP contribution in [0, 0.1) is 11.3 Å². The highest BCUT2D eigenvalue weighted by atomic mass is 35.5. The van der Waals surface area contributed by atoms with Crippen molar-refractivity contribution in [3.63, 3.8) is 0 Å². The second kappa shape index (κ2) is 7.12. The Bertz CT molecular complexity index is 807. The van der Waals surface area contributed by atoms with Crippen LogP contribution in [0.5, 0.6) is 0 Å². The SMILES string of the molecule is N#C/C(=C\NCc1ccc(Cl)cc1)S(=O)(=O)c1ccccc1. The maximum atomic E-state index is 12.3. The van der Waals surface area contributed by atoms with Crippen LogP contribution < -0.4 is 5.32 Å². The molecular weight excluding hydrogens is 320 g/mol. The molecule has 4 nitrogen and oxygen atoms in total. The summed E-state index contributed by atoms with van der Waals surface area (Å²) in [4.78, 5) is -0.233. The summed E-state index contributed by atoms with van der Waals surface area (Å²) in [5.41, 5.74) is 0.926. The van der Waals surface area contributed by atoms with Crippen LogP contribution in [0.2, 0.25) is 5.02 Å². The summed E-state index contributed by atoms with van der Waals surface area (Å²) in [6.07, 6.45) is 1.22. The maximum absolute atomic E-state index is 12.3. The molecule has 1 N–H and O–H groups in total. The van der Waals surface area contributed by atoms with Crippen LogP contribution in [0.4, 0.5) is 0 Å². The van der Waals surface area contributed by atoms with Gasteiger partial charge in [0.15, 0.2) is 4.91 Å². The van der Waals surface area contributed by atoms with Crippen LogP contribution in [0.3, 0.4) is 0 Å². The molecule has 0 aliphatic rings. The van der Waals surface area contributed by atoms with E-state index < -0.39 is 9.84 Å². The molecule has 0 amide bonds. The lowest BCUT2D eigenvalue weighted by Crippen LogP contribution is -2.10. The third-order valence-corrected chi connectivity index (χ3v) is 4.84. The van der Waals surface area contributed by atoms with Crippen molar-refractivity contribution in [2.45, 2.75) is 11.4 Å². The van der Waals surface area contributed by atoms with Crippen molar-refractivity contribution < 1.29 is 8.42 Å². The summed E-state index contributed by atoms with van der Waals surface area (Å²) in [6, 6.07) is 16.7. The van der Waals surface area contributed by atoms with Crippen molar-refractivity contribution in [3.8, 4) is 6.07 Å². The number of hydrogen-bond donors (Lipinski definition) is 1. The lowest BCUT2D eigenvalue weighted by Gasteiger charge is -2.05. The lowest BCUT2D eigenvalue weighted by molar-refractivity contribution is 0.602. The van der Waals surface area contributed by atoms with Gasteiger partial charge in [0.25, 0.3) is 0 Å². The van der Waals surface area contributed by atoms with Crippen molar-refractivity contribution in [2.24, 2.45) is 0 Å². The standard InChI is InChI=1S/C16H13ClN2O2S/c17-14-8-6-13(7-9-14)11-19-12-16(10-18)22(20,21)15-4-2-1-3-5-15/h1-9,12,19H,11H2/b16-12+. The summed E-state index contributed by atoms with van der Waals surface area (Å²) in [6.45, 7) is 0.395. The highest BCUT2D eigenvalue weighted by Crippen LogP contribution is 2.17.